The Hall–Kier alpha value is -2.53. The first-order chi connectivity index (χ1) is 12.5. The Kier molecular flexibility index (Phi) is 4.32. The van der Waals surface area contributed by atoms with Gasteiger partial charge < -0.3 is 0 Å². The lowest BCUT2D eigenvalue weighted by atomic mass is 10.0. The smallest absolute Gasteiger partial charge is 0.261 e. The van der Waals surface area contributed by atoms with Crippen LogP contribution < -0.4 is 5.56 Å². The summed E-state index contributed by atoms with van der Waals surface area (Å²) in [6.45, 7) is 6.81. The number of aromatic nitrogens is 2. The zero-order chi connectivity index (χ0) is 18.3. The Labute approximate surface area is 151 Å². The monoisotopic (exact) mass is 351 g/mol. The van der Waals surface area contributed by atoms with Gasteiger partial charge in [-0.25, -0.2) is 9.37 Å². The number of benzene rings is 2. The van der Waals surface area contributed by atoms with Gasteiger partial charge in [-0.15, -0.1) is 0 Å². The molecular formula is C21H22FN3O. The summed E-state index contributed by atoms with van der Waals surface area (Å²) in [5.74, 6) is 0.591. The molecule has 1 aliphatic rings. The Bertz CT molecular complexity index is 1010. The third-order valence-electron chi connectivity index (χ3n) is 5.18. The van der Waals surface area contributed by atoms with E-state index in [1.54, 1.807) is 12.1 Å². The average Bonchev–Trinajstić information content (AvgIpc) is 2.85. The number of hydrogen-bond acceptors (Lipinski definition) is 3. The molecule has 0 amide bonds. The fourth-order valence-electron chi connectivity index (χ4n) is 3.61. The van der Waals surface area contributed by atoms with Crippen molar-refractivity contribution in [2.24, 2.45) is 0 Å². The summed E-state index contributed by atoms with van der Waals surface area (Å²) >= 11 is 0. The van der Waals surface area contributed by atoms with Gasteiger partial charge in [0.05, 0.1) is 10.9 Å². The lowest BCUT2D eigenvalue weighted by Crippen LogP contribution is -2.34. The van der Waals surface area contributed by atoms with Crippen molar-refractivity contribution >= 4 is 10.9 Å². The summed E-state index contributed by atoms with van der Waals surface area (Å²) in [7, 11) is 0. The van der Waals surface area contributed by atoms with Gasteiger partial charge in [-0.3, -0.25) is 14.3 Å². The molecular weight excluding hydrogens is 329 g/mol. The van der Waals surface area contributed by atoms with E-state index in [4.69, 9.17) is 4.98 Å². The second kappa shape index (κ2) is 6.65. The minimum absolute atomic E-state index is 0.0289. The quantitative estimate of drug-likeness (QED) is 0.710. The van der Waals surface area contributed by atoms with Crippen molar-refractivity contribution in [3.05, 3.63) is 64.5 Å². The molecule has 0 unspecified atom stereocenters. The highest BCUT2D eigenvalue weighted by atomic mass is 19.1. The standard InChI is InChI=1S/C21H22FN3O/c1-14(2)24-10-9-20-23-19-13-16(15-3-6-17(22)7-4-15)5-8-18(19)21(26)25(20)12-11-24/h3-8,13-14H,9-12H2,1-2H3. The van der Waals surface area contributed by atoms with Gasteiger partial charge in [0.1, 0.15) is 11.6 Å². The maximum atomic E-state index is 13.2. The number of halogens is 1. The van der Waals surface area contributed by atoms with Crippen LogP contribution >= 0.6 is 0 Å². The van der Waals surface area contributed by atoms with Crippen LogP contribution in [0, 0.1) is 5.82 Å². The molecule has 134 valence electrons. The lowest BCUT2D eigenvalue weighted by Gasteiger charge is -2.23. The predicted molar refractivity (Wildman–Crippen MR) is 102 cm³/mol. The molecule has 1 aromatic heterocycles. The minimum atomic E-state index is -0.258. The fourth-order valence-corrected chi connectivity index (χ4v) is 3.61. The van der Waals surface area contributed by atoms with E-state index in [-0.39, 0.29) is 11.4 Å². The maximum absolute atomic E-state index is 13.2. The van der Waals surface area contributed by atoms with Gasteiger partial charge in [0.25, 0.3) is 5.56 Å². The highest BCUT2D eigenvalue weighted by Crippen LogP contribution is 2.23. The number of rotatable bonds is 2. The van der Waals surface area contributed by atoms with Gasteiger partial charge in [-0.2, -0.15) is 0 Å². The van der Waals surface area contributed by atoms with Crippen LogP contribution in [-0.2, 0) is 13.0 Å². The van der Waals surface area contributed by atoms with Crippen LogP contribution in [0.3, 0.4) is 0 Å². The Morgan fingerprint density at radius 1 is 1.00 bits per heavy atom. The molecule has 3 aromatic rings. The Morgan fingerprint density at radius 3 is 2.46 bits per heavy atom. The summed E-state index contributed by atoms with van der Waals surface area (Å²) < 4.78 is 15.0. The predicted octanol–water partition coefficient (Wildman–Crippen LogP) is 3.47. The van der Waals surface area contributed by atoms with E-state index in [1.165, 1.54) is 12.1 Å². The van der Waals surface area contributed by atoms with Crippen molar-refractivity contribution < 1.29 is 4.39 Å². The van der Waals surface area contributed by atoms with Crippen LogP contribution in [0.15, 0.2) is 47.3 Å². The van der Waals surface area contributed by atoms with E-state index in [1.807, 2.05) is 22.8 Å². The van der Waals surface area contributed by atoms with Crippen molar-refractivity contribution in [3.8, 4) is 11.1 Å². The second-order valence-corrected chi connectivity index (χ2v) is 7.10. The highest BCUT2D eigenvalue weighted by molar-refractivity contribution is 5.83. The van der Waals surface area contributed by atoms with E-state index in [0.717, 1.165) is 36.5 Å². The molecule has 5 heteroatoms. The van der Waals surface area contributed by atoms with Gasteiger partial charge >= 0.3 is 0 Å². The second-order valence-electron chi connectivity index (χ2n) is 7.10. The molecule has 0 atom stereocenters. The molecule has 0 bridgehead atoms. The molecule has 0 aliphatic carbocycles. The first-order valence-electron chi connectivity index (χ1n) is 9.06. The number of nitrogens with zero attached hydrogens (tertiary/aromatic N) is 3. The minimum Gasteiger partial charge on any atom is -0.299 e. The maximum Gasteiger partial charge on any atom is 0.261 e. The van der Waals surface area contributed by atoms with Crippen molar-refractivity contribution in [1.82, 2.24) is 14.5 Å². The number of hydrogen-bond donors (Lipinski definition) is 0. The largest absolute Gasteiger partial charge is 0.299 e. The van der Waals surface area contributed by atoms with E-state index in [2.05, 4.69) is 18.7 Å². The molecule has 0 fully saturated rings. The SMILES string of the molecule is CC(C)N1CCc2nc3cc(-c4ccc(F)cc4)ccc3c(=O)n2CC1. The van der Waals surface area contributed by atoms with Gasteiger partial charge in [0, 0.05) is 32.1 Å². The average molecular weight is 351 g/mol. The first kappa shape index (κ1) is 16.9. The van der Waals surface area contributed by atoms with Crippen molar-refractivity contribution in [3.63, 3.8) is 0 Å². The normalized spacial score (nSPS) is 15.2. The topological polar surface area (TPSA) is 38.1 Å². The van der Waals surface area contributed by atoms with Crippen molar-refractivity contribution in [2.75, 3.05) is 13.1 Å². The zero-order valence-corrected chi connectivity index (χ0v) is 15.1. The summed E-state index contributed by atoms with van der Waals surface area (Å²) in [5.41, 5.74) is 2.59. The Balaban J connectivity index is 1.79. The first-order valence-corrected chi connectivity index (χ1v) is 9.06. The molecule has 2 aromatic carbocycles. The third kappa shape index (κ3) is 3.03. The molecule has 1 aliphatic heterocycles. The van der Waals surface area contributed by atoms with E-state index >= 15 is 0 Å². The fraction of sp³-hybridized carbons (Fsp3) is 0.333. The van der Waals surface area contributed by atoms with E-state index < -0.39 is 0 Å². The van der Waals surface area contributed by atoms with Crippen molar-refractivity contribution in [2.45, 2.75) is 32.9 Å². The van der Waals surface area contributed by atoms with Crippen LogP contribution in [-0.4, -0.2) is 33.6 Å². The molecule has 0 radical (unpaired) electrons. The van der Waals surface area contributed by atoms with Crippen LogP contribution in [0.25, 0.3) is 22.0 Å². The highest BCUT2D eigenvalue weighted by Gasteiger charge is 2.19. The molecule has 4 rings (SSSR count). The van der Waals surface area contributed by atoms with E-state index in [0.29, 0.717) is 23.5 Å². The molecule has 0 saturated heterocycles. The summed E-state index contributed by atoms with van der Waals surface area (Å²) in [6.07, 6.45) is 0.768. The molecule has 26 heavy (non-hydrogen) atoms. The summed E-state index contributed by atoms with van der Waals surface area (Å²) in [6, 6.07) is 12.5. The number of fused-ring (bicyclic) bond motifs is 2. The zero-order valence-electron chi connectivity index (χ0n) is 15.1. The van der Waals surface area contributed by atoms with Crippen LogP contribution in [0.5, 0.6) is 0 Å². The molecule has 0 saturated carbocycles. The van der Waals surface area contributed by atoms with Crippen molar-refractivity contribution in [1.29, 1.82) is 0 Å². The van der Waals surface area contributed by atoms with Gasteiger partial charge in [0.15, 0.2) is 0 Å². The molecule has 0 N–H and O–H groups in total. The van der Waals surface area contributed by atoms with E-state index in [9.17, 15) is 9.18 Å². The lowest BCUT2D eigenvalue weighted by molar-refractivity contribution is 0.226. The molecule has 4 nitrogen and oxygen atoms in total. The van der Waals surface area contributed by atoms with Gasteiger partial charge in [-0.05, 0) is 49.2 Å². The van der Waals surface area contributed by atoms with Crippen LogP contribution in [0.4, 0.5) is 4.39 Å². The summed E-state index contributed by atoms with van der Waals surface area (Å²) in [5, 5.41) is 0.637. The van der Waals surface area contributed by atoms with Crippen LogP contribution in [0.1, 0.15) is 19.7 Å². The van der Waals surface area contributed by atoms with Gasteiger partial charge in [-0.1, -0.05) is 18.2 Å². The summed E-state index contributed by atoms with van der Waals surface area (Å²) in [4.78, 5) is 20.1. The Morgan fingerprint density at radius 2 is 1.73 bits per heavy atom. The van der Waals surface area contributed by atoms with Gasteiger partial charge in [0.2, 0.25) is 0 Å². The molecule has 0 spiro atoms. The molecule has 2 heterocycles. The third-order valence-corrected chi connectivity index (χ3v) is 5.18. The van der Waals surface area contributed by atoms with Crippen LogP contribution in [0.2, 0.25) is 0 Å².